The zero-order chi connectivity index (χ0) is 16.7. The summed E-state index contributed by atoms with van der Waals surface area (Å²) >= 11 is 0. The summed E-state index contributed by atoms with van der Waals surface area (Å²) in [5.41, 5.74) is 5.55. The number of nitrogens with one attached hydrogen (secondary N) is 1. The molecule has 1 atom stereocenters. The van der Waals surface area contributed by atoms with Crippen molar-refractivity contribution in [3.05, 3.63) is 38.7 Å². The molecule has 2 heterocycles. The molecule has 10 heteroatoms. The molecule has 8 nitrogen and oxygen atoms in total. The first-order chi connectivity index (χ1) is 10.9. The average Bonchev–Trinajstić information content (AvgIpc) is 3.40. The molecule has 0 spiro atoms. The summed E-state index contributed by atoms with van der Waals surface area (Å²) in [4.78, 5) is 40.4. The molecule has 0 bridgehead atoms. The van der Waals surface area contributed by atoms with Crippen LogP contribution in [0.2, 0.25) is 0 Å². The van der Waals surface area contributed by atoms with Crippen molar-refractivity contribution in [2.45, 2.75) is 18.9 Å². The third-order valence-corrected chi connectivity index (χ3v) is 4.28. The highest BCUT2D eigenvalue weighted by Crippen LogP contribution is 2.31. The summed E-state index contributed by atoms with van der Waals surface area (Å²) in [5.74, 6) is 0.165. The van der Waals surface area contributed by atoms with Crippen LogP contribution >= 0.6 is 24.8 Å². The van der Waals surface area contributed by atoms with Gasteiger partial charge in [0.05, 0.1) is 10.9 Å². The van der Waals surface area contributed by atoms with E-state index in [2.05, 4.69) is 10.3 Å². The number of aryl methyl sites for hydroxylation is 1. The molecule has 0 aromatic carbocycles. The van der Waals surface area contributed by atoms with Gasteiger partial charge < -0.3 is 11.1 Å². The minimum absolute atomic E-state index is 0. The van der Waals surface area contributed by atoms with E-state index in [1.165, 1.54) is 30.9 Å². The predicted octanol–water partition coefficient (Wildman–Crippen LogP) is -0.0571. The molecule has 1 amide bonds. The second kappa shape index (κ2) is 7.99. The van der Waals surface area contributed by atoms with Crippen molar-refractivity contribution < 1.29 is 4.79 Å². The van der Waals surface area contributed by atoms with E-state index in [9.17, 15) is 14.4 Å². The maximum absolute atomic E-state index is 12.2. The summed E-state index contributed by atoms with van der Waals surface area (Å²) in [6.45, 7) is 0.396. The Morgan fingerprint density at radius 3 is 2.56 bits per heavy atom. The zero-order valence-corrected chi connectivity index (χ0v) is 15.5. The lowest BCUT2D eigenvalue weighted by atomic mass is 10.2. The fraction of sp³-hybridized carbons (Fsp3) is 0.467. The number of hydrogen-bond donors (Lipinski definition) is 2. The third-order valence-electron chi connectivity index (χ3n) is 4.28. The number of carbonyl (C=O) groups excluding carboxylic acids is 1. The lowest BCUT2D eigenvalue weighted by molar-refractivity contribution is 0.0950. The fourth-order valence-electron chi connectivity index (χ4n) is 2.59. The molecular weight excluding hydrogens is 369 g/mol. The van der Waals surface area contributed by atoms with Gasteiger partial charge in [0.2, 0.25) is 0 Å². The van der Waals surface area contributed by atoms with Crippen LogP contribution in [0.3, 0.4) is 0 Å². The molecule has 2 aromatic rings. The lowest BCUT2D eigenvalue weighted by Crippen LogP contribution is -2.39. The maximum atomic E-state index is 12.2. The summed E-state index contributed by atoms with van der Waals surface area (Å²) in [6.07, 6.45) is 3.58. The Bertz CT molecular complexity index is 904. The number of halogens is 2. The highest BCUT2D eigenvalue weighted by molar-refractivity contribution is 5.96. The van der Waals surface area contributed by atoms with Crippen LogP contribution in [-0.2, 0) is 14.1 Å². The summed E-state index contributed by atoms with van der Waals surface area (Å²) < 4.78 is 2.27. The van der Waals surface area contributed by atoms with Gasteiger partial charge in [-0.2, -0.15) is 0 Å². The Labute approximate surface area is 156 Å². The van der Waals surface area contributed by atoms with Gasteiger partial charge in [-0.1, -0.05) is 0 Å². The first-order valence-electron chi connectivity index (χ1n) is 7.49. The molecule has 25 heavy (non-hydrogen) atoms. The van der Waals surface area contributed by atoms with Crippen molar-refractivity contribution in [1.82, 2.24) is 19.4 Å². The van der Waals surface area contributed by atoms with Crippen molar-refractivity contribution in [3.8, 4) is 0 Å². The topological polar surface area (TPSA) is 112 Å². The Morgan fingerprint density at radius 2 is 1.96 bits per heavy atom. The van der Waals surface area contributed by atoms with E-state index >= 15 is 0 Å². The van der Waals surface area contributed by atoms with Gasteiger partial charge in [0, 0.05) is 32.9 Å². The summed E-state index contributed by atoms with van der Waals surface area (Å²) in [5, 5.41) is 2.99. The molecule has 1 aliphatic rings. The van der Waals surface area contributed by atoms with E-state index in [1.807, 2.05) is 0 Å². The smallest absolute Gasteiger partial charge is 0.332 e. The van der Waals surface area contributed by atoms with Crippen LogP contribution in [0.1, 0.15) is 23.2 Å². The third kappa shape index (κ3) is 4.02. The quantitative estimate of drug-likeness (QED) is 0.760. The lowest BCUT2D eigenvalue weighted by Gasteiger charge is -2.12. The number of hydrogen-bond acceptors (Lipinski definition) is 5. The Kier molecular flexibility index (Phi) is 6.75. The molecule has 1 saturated carbocycles. The standard InChI is InChI=1S/C15H19N5O3.2ClH/c1-19-12-10(14(22)20(2)15(19)23)5-9(6-17-12)13(21)18-7-11(16)8-3-4-8;;/h5-6,8,11H,3-4,7,16H2,1-2H3,(H,18,21);2*1H. The number of pyridine rings is 1. The number of nitrogens with two attached hydrogens (primary N) is 1. The van der Waals surface area contributed by atoms with Gasteiger partial charge in [-0.25, -0.2) is 9.78 Å². The number of carbonyl (C=O) groups is 1. The summed E-state index contributed by atoms with van der Waals surface area (Å²) in [7, 11) is 2.93. The zero-order valence-electron chi connectivity index (χ0n) is 13.9. The molecular formula is C15H21Cl2N5O3. The largest absolute Gasteiger partial charge is 0.350 e. The molecule has 0 aliphatic heterocycles. The van der Waals surface area contributed by atoms with Crippen molar-refractivity contribution in [2.24, 2.45) is 25.7 Å². The van der Waals surface area contributed by atoms with E-state index in [0.29, 0.717) is 12.5 Å². The van der Waals surface area contributed by atoms with Crippen molar-refractivity contribution in [3.63, 3.8) is 0 Å². The minimum Gasteiger partial charge on any atom is -0.350 e. The van der Waals surface area contributed by atoms with Crippen LogP contribution in [0.5, 0.6) is 0 Å². The first kappa shape index (κ1) is 21.1. The van der Waals surface area contributed by atoms with Gasteiger partial charge in [-0.05, 0) is 24.8 Å². The van der Waals surface area contributed by atoms with Gasteiger partial charge in [0.15, 0.2) is 0 Å². The van der Waals surface area contributed by atoms with Crippen LogP contribution in [0.25, 0.3) is 11.0 Å². The normalized spacial score (nSPS) is 14.4. The summed E-state index contributed by atoms with van der Waals surface area (Å²) in [6, 6.07) is 1.42. The van der Waals surface area contributed by atoms with Gasteiger partial charge >= 0.3 is 5.69 Å². The van der Waals surface area contributed by atoms with E-state index < -0.39 is 11.2 Å². The number of fused-ring (bicyclic) bond motifs is 1. The SMILES string of the molecule is Cl.Cl.Cn1c(=O)c2cc(C(=O)NCC(N)C3CC3)cnc2n(C)c1=O. The molecule has 2 aromatic heterocycles. The molecule has 3 rings (SSSR count). The van der Waals surface area contributed by atoms with E-state index in [1.54, 1.807) is 0 Å². The van der Waals surface area contributed by atoms with E-state index in [0.717, 1.165) is 17.4 Å². The number of aromatic nitrogens is 3. The van der Waals surface area contributed by atoms with E-state index in [-0.39, 0.29) is 53.4 Å². The molecule has 1 unspecified atom stereocenters. The van der Waals surface area contributed by atoms with Crippen LogP contribution in [-0.4, -0.2) is 32.6 Å². The van der Waals surface area contributed by atoms with Crippen molar-refractivity contribution in [1.29, 1.82) is 0 Å². The number of amides is 1. The molecule has 0 radical (unpaired) electrons. The van der Waals surface area contributed by atoms with Crippen LogP contribution in [0.15, 0.2) is 21.9 Å². The number of nitrogens with zero attached hydrogens (tertiary/aromatic N) is 3. The highest BCUT2D eigenvalue weighted by atomic mass is 35.5. The monoisotopic (exact) mass is 389 g/mol. The molecule has 1 fully saturated rings. The highest BCUT2D eigenvalue weighted by Gasteiger charge is 2.28. The van der Waals surface area contributed by atoms with Gasteiger partial charge in [0.25, 0.3) is 11.5 Å². The molecule has 3 N–H and O–H groups in total. The molecule has 0 saturated heterocycles. The van der Waals surface area contributed by atoms with Crippen LogP contribution in [0, 0.1) is 5.92 Å². The average molecular weight is 390 g/mol. The van der Waals surface area contributed by atoms with Crippen LogP contribution < -0.4 is 22.3 Å². The van der Waals surface area contributed by atoms with E-state index in [4.69, 9.17) is 5.73 Å². The maximum Gasteiger partial charge on any atom is 0.332 e. The second-order valence-corrected chi connectivity index (χ2v) is 6.01. The predicted molar refractivity (Wildman–Crippen MR) is 99.8 cm³/mol. The minimum atomic E-state index is -0.472. The van der Waals surface area contributed by atoms with Gasteiger partial charge in [0.1, 0.15) is 5.65 Å². The second-order valence-electron chi connectivity index (χ2n) is 6.01. The molecule has 1 aliphatic carbocycles. The van der Waals surface area contributed by atoms with Crippen molar-refractivity contribution in [2.75, 3.05) is 6.54 Å². The fourth-order valence-corrected chi connectivity index (χ4v) is 2.59. The first-order valence-corrected chi connectivity index (χ1v) is 7.49. The Balaban J connectivity index is 0.00000156. The van der Waals surface area contributed by atoms with Gasteiger partial charge in [-0.15, -0.1) is 24.8 Å². The molecule has 138 valence electrons. The van der Waals surface area contributed by atoms with Crippen LogP contribution in [0.4, 0.5) is 0 Å². The number of rotatable bonds is 4. The van der Waals surface area contributed by atoms with Crippen molar-refractivity contribution >= 4 is 41.8 Å². The Morgan fingerprint density at radius 1 is 1.32 bits per heavy atom. The van der Waals surface area contributed by atoms with Gasteiger partial charge in [-0.3, -0.25) is 18.7 Å². The Hall–Kier alpha value is -1.90.